The van der Waals surface area contributed by atoms with Crippen molar-refractivity contribution in [2.75, 3.05) is 0 Å². The van der Waals surface area contributed by atoms with Crippen LogP contribution in [0.4, 0.5) is 0 Å². The van der Waals surface area contributed by atoms with Gasteiger partial charge in [0.1, 0.15) is 5.82 Å². The Kier molecular flexibility index (Phi) is 2.36. The number of imidazole rings is 1. The molecule has 4 unspecified atom stereocenters. The fourth-order valence-electron chi connectivity index (χ4n) is 3.25. The van der Waals surface area contributed by atoms with Gasteiger partial charge in [-0.1, -0.05) is 12.2 Å². The summed E-state index contributed by atoms with van der Waals surface area (Å²) >= 11 is 0. The number of carboxylic acids is 1. The summed E-state index contributed by atoms with van der Waals surface area (Å²) in [4.78, 5) is 27.7. The van der Waals surface area contributed by atoms with Crippen molar-refractivity contribution in [1.82, 2.24) is 9.55 Å². The van der Waals surface area contributed by atoms with E-state index in [0.717, 1.165) is 6.42 Å². The fourth-order valence-corrected chi connectivity index (χ4v) is 3.25. The number of carbonyl (C=O) groups excluding carboxylic acids is 2. The van der Waals surface area contributed by atoms with E-state index in [1.54, 1.807) is 19.3 Å². The topological polar surface area (TPSA) is 75.0 Å². The molecule has 4 atom stereocenters. The zero-order valence-corrected chi connectivity index (χ0v) is 9.95. The van der Waals surface area contributed by atoms with E-state index in [9.17, 15) is 14.7 Å². The highest BCUT2D eigenvalue weighted by Crippen LogP contribution is 2.48. The molecule has 0 amide bonds. The van der Waals surface area contributed by atoms with Gasteiger partial charge in [-0.3, -0.25) is 9.36 Å². The Hall–Kier alpha value is -1.91. The van der Waals surface area contributed by atoms with Crippen molar-refractivity contribution < 1.29 is 14.7 Å². The van der Waals surface area contributed by atoms with Crippen LogP contribution >= 0.6 is 0 Å². The average Bonchev–Trinajstić information content (AvgIpc) is 3.01. The maximum absolute atomic E-state index is 12.4. The van der Waals surface area contributed by atoms with Gasteiger partial charge in [0, 0.05) is 24.3 Å². The predicted octanol–water partition coefficient (Wildman–Crippen LogP) is 0.0199. The maximum atomic E-state index is 12.4. The summed E-state index contributed by atoms with van der Waals surface area (Å²) in [5.41, 5.74) is 0. The van der Waals surface area contributed by atoms with Crippen molar-refractivity contribution in [2.24, 2.45) is 23.7 Å². The molecular weight excluding hydrogens is 232 g/mol. The molecule has 1 aromatic rings. The number of carboxylic acid groups (broad SMARTS) is 1. The largest absolute Gasteiger partial charge is 0.550 e. The van der Waals surface area contributed by atoms with Gasteiger partial charge < -0.3 is 9.90 Å². The van der Waals surface area contributed by atoms with Crippen molar-refractivity contribution in [3.63, 3.8) is 0 Å². The molecule has 18 heavy (non-hydrogen) atoms. The molecule has 1 saturated carbocycles. The van der Waals surface area contributed by atoms with E-state index in [4.69, 9.17) is 0 Å². The number of nitrogens with zero attached hydrogens (tertiary/aromatic N) is 2. The summed E-state index contributed by atoms with van der Waals surface area (Å²) in [6.07, 6.45) is 7.72. The highest BCUT2D eigenvalue weighted by Gasteiger charge is 2.49. The molecule has 0 N–H and O–H groups in total. The molecule has 0 aliphatic heterocycles. The van der Waals surface area contributed by atoms with Gasteiger partial charge in [0.25, 0.3) is 0 Å². The van der Waals surface area contributed by atoms with E-state index in [1.807, 2.05) is 12.2 Å². The Labute approximate surface area is 104 Å². The number of hydrogen-bond acceptors (Lipinski definition) is 4. The van der Waals surface area contributed by atoms with Crippen LogP contribution in [0, 0.1) is 30.6 Å². The molecule has 3 rings (SSSR count). The lowest BCUT2D eigenvalue weighted by atomic mass is 9.82. The van der Waals surface area contributed by atoms with Crippen LogP contribution in [0.1, 0.15) is 17.0 Å². The van der Waals surface area contributed by atoms with Crippen molar-refractivity contribution >= 4 is 11.9 Å². The van der Waals surface area contributed by atoms with Gasteiger partial charge in [-0.2, -0.15) is 0 Å². The third-order valence-electron chi connectivity index (χ3n) is 4.08. The van der Waals surface area contributed by atoms with Crippen LogP contribution in [0.5, 0.6) is 0 Å². The van der Waals surface area contributed by atoms with E-state index in [2.05, 4.69) is 4.98 Å². The summed E-state index contributed by atoms with van der Waals surface area (Å²) < 4.78 is 1.44. The van der Waals surface area contributed by atoms with E-state index < -0.39 is 17.8 Å². The number of aromatic nitrogens is 2. The van der Waals surface area contributed by atoms with Crippen molar-refractivity contribution in [2.45, 2.75) is 13.3 Å². The van der Waals surface area contributed by atoms with E-state index in [1.165, 1.54) is 4.57 Å². The molecule has 2 aliphatic rings. The molecular formula is C13H13N2O3-. The summed E-state index contributed by atoms with van der Waals surface area (Å²) in [5.74, 6) is -1.97. The minimum absolute atomic E-state index is 0.0206. The monoisotopic (exact) mass is 245 g/mol. The highest BCUT2D eigenvalue weighted by atomic mass is 16.4. The summed E-state index contributed by atoms with van der Waals surface area (Å²) in [6, 6.07) is 0. The second-order valence-electron chi connectivity index (χ2n) is 5.00. The minimum atomic E-state index is -1.12. The second kappa shape index (κ2) is 3.80. The lowest BCUT2D eigenvalue weighted by Crippen LogP contribution is -2.42. The second-order valence-corrected chi connectivity index (χ2v) is 5.00. The molecule has 0 saturated heterocycles. The summed E-state index contributed by atoms with van der Waals surface area (Å²) in [7, 11) is 0. The first kappa shape index (κ1) is 11.2. The number of rotatable bonds is 2. The minimum Gasteiger partial charge on any atom is -0.550 e. The zero-order valence-electron chi connectivity index (χ0n) is 9.95. The van der Waals surface area contributed by atoms with Crippen LogP contribution in [0.2, 0.25) is 0 Å². The number of carbonyl (C=O) groups is 2. The zero-order chi connectivity index (χ0) is 12.9. The molecule has 2 bridgehead atoms. The Bertz CT molecular complexity index is 546. The van der Waals surface area contributed by atoms with Crippen molar-refractivity contribution in [3.8, 4) is 0 Å². The van der Waals surface area contributed by atoms with E-state index in [-0.39, 0.29) is 17.7 Å². The Morgan fingerprint density at radius 3 is 2.56 bits per heavy atom. The summed E-state index contributed by atoms with van der Waals surface area (Å²) in [5, 5.41) is 11.2. The average molecular weight is 245 g/mol. The van der Waals surface area contributed by atoms with Crippen LogP contribution in [0.25, 0.3) is 0 Å². The molecule has 1 aromatic heterocycles. The molecule has 1 heterocycles. The van der Waals surface area contributed by atoms with Gasteiger partial charge in [0.05, 0.1) is 5.92 Å². The molecule has 0 radical (unpaired) electrons. The van der Waals surface area contributed by atoms with Crippen LogP contribution < -0.4 is 5.11 Å². The Balaban J connectivity index is 1.96. The van der Waals surface area contributed by atoms with Crippen LogP contribution in [-0.4, -0.2) is 21.4 Å². The van der Waals surface area contributed by atoms with Crippen molar-refractivity contribution in [1.29, 1.82) is 0 Å². The molecule has 5 heteroatoms. The first-order valence-corrected chi connectivity index (χ1v) is 6.03. The molecule has 94 valence electrons. The Morgan fingerprint density at radius 2 is 2.00 bits per heavy atom. The van der Waals surface area contributed by atoms with E-state index >= 15 is 0 Å². The number of hydrogen-bond donors (Lipinski definition) is 0. The predicted molar refractivity (Wildman–Crippen MR) is 60.3 cm³/mol. The maximum Gasteiger partial charge on any atom is 0.236 e. The van der Waals surface area contributed by atoms with Crippen LogP contribution in [0.15, 0.2) is 24.5 Å². The third-order valence-corrected chi connectivity index (χ3v) is 4.08. The molecule has 2 aliphatic carbocycles. The van der Waals surface area contributed by atoms with E-state index in [0.29, 0.717) is 5.82 Å². The van der Waals surface area contributed by atoms with Crippen LogP contribution in [0.3, 0.4) is 0 Å². The first-order valence-electron chi connectivity index (χ1n) is 6.03. The normalized spacial score (nSPS) is 32.9. The fraction of sp³-hybridized carbons (Fsp3) is 0.462. The SMILES string of the molecule is Cc1nccn1C(=O)C1C2C=CC(C2)C1C(=O)[O-]. The lowest BCUT2D eigenvalue weighted by molar-refractivity contribution is -0.313. The van der Waals surface area contributed by atoms with Gasteiger partial charge >= 0.3 is 0 Å². The van der Waals surface area contributed by atoms with Gasteiger partial charge in [-0.25, -0.2) is 4.98 Å². The van der Waals surface area contributed by atoms with Crippen LogP contribution in [-0.2, 0) is 4.79 Å². The number of aryl methyl sites for hydroxylation is 1. The molecule has 1 fully saturated rings. The highest BCUT2D eigenvalue weighted by molar-refractivity contribution is 5.88. The third kappa shape index (κ3) is 1.43. The molecule has 0 aromatic carbocycles. The number of allylic oxidation sites excluding steroid dienone is 2. The first-order chi connectivity index (χ1) is 8.59. The summed E-state index contributed by atoms with van der Waals surface area (Å²) in [6.45, 7) is 1.73. The van der Waals surface area contributed by atoms with Gasteiger partial charge in [0.2, 0.25) is 5.91 Å². The molecule has 5 nitrogen and oxygen atoms in total. The molecule has 0 spiro atoms. The van der Waals surface area contributed by atoms with Crippen molar-refractivity contribution in [3.05, 3.63) is 30.4 Å². The smallest absolute Gasteiger partial charge is 0.236 e. The standard InChI is InChI=1S/C13H14N2O3/c1-7-14-4-5-15(7)12(16)10-8-2-3-9(6-8)11(10)13(17)18/h2-5,8-11H,6H2,1H3,(H,17,18)/p-1. The lowest BCUT2D eigenvalue weighted by Gasteiger charge is -2.27. The van der Waals surface area contributed by atoms with Gasteiger partial charge in [-0.05, 0) is 25.2 Å². The Morgan fingerprint density at radius 1 is 1.33 bits per heavy atom. The number of aliphatic carboxylic acids is 1. The van der Waals surface area contributed by atoms with Gasteiger partial charge in [-0.15, -0.1) is 0 Å². The quantitative estimate of drug-likeness (QED) is 0.688. The van der Waals surface area contributed by atoms with Gasteiger partial charge in [0.15, 0.2) is 0 Å². The number of fused-ring (bicyclic) bond motifs is 2.